The van der Waals surface area contributed by atoms with Gasteiger partial charge in [-0.15, -0.1) is 0 Å². The molecule has 0 spiro atoms. The lowest BCUT2D eigenvalue weighted by molar-refractivity contribution is 0.0509. The summed E-state index contributed by atoms with van der Waals surface area (Å²) < 4.78 is 5.26. The maximum absolute atomic E-state index is 12.5. The van der Waals surface area contributed by atoms with Crippen LogP contribution in [-0.4, -0.2) is 35.6 Å². The molecule has 0 aromatic heterocycles. The molecule has 1 aliphatic carbocycles. The Labute approximate surface area is 160 Å². The van der Waals surface area contributed by atoms with E-state index in [2.05, 4.69) is 16.0 Å². The molecule has 27 heavy (non-hydrogen) atoms. The molecule has 0 heterocycles. The number of amides is 3. The highest BCUT2D eigenvalue weighted by Crippen LogP contribution is 2.39. The SMILES string of the molecule is CC(=O)c1cccc(NC(=O)NC(C)(CNC(=O)OC(C)(C)C)C2CC2)c1. The molecule has 0 aliphatic heterocycles. The van der Waals surface area contributed by atoms with Gasteiger partial charge in [-0.25, -0.2) is 9.59 Å². The third-order valence-corrected chi connectivity index (χ3v) is 4.40. The fourth-order valence-electron chi connectivity index (χ4n) is 2.82. The Kier molecular flexibility index (Phi) is 6.13. The van der Waals surface area contributed by atoms with Crippen molar-refractivity contribution in [2.75, 3.05) is 11.9 Å². The minimum Gasteiger partial charge on any atom is -0.444 e. The number of carbonyl (C=O) groups excluding carboxylic acids is 3. The number of rotatable bonds is 6. The van der Waals surface area contributed by atoms with Crippen molar-refractivity contribution < 1.29 is 19.1 Å². The van der Waals surface area contributed by atoms with E-state index in [1.807, 2.05) is 6.92 Å². The molecule has 1 aromatic rings. The zero-order valence-corrected chi connectivity index (χ0v) is 16.6. The van der Waals surface area contributed by atoms with Gasteiger partial charge in [-0.05, 0) is 65.5 Å². The highest BCUT2D eigenvalue weighted by atomic mass is 16.6. The molecule has 0 saturated heterocycles. The van der Waals surface area contributed by atoms with E-state index in [1.54, 1.807) is 45.0 Å². The fraction of sp³-hybridized carbons (Fsp3) is 0.550. The molecule has 0 radical (unpaired) electrons. The van der Waals surface area contributed by atoms with Crippen LogP contribution < -0.4 is 16.0 Å². The van der Waals surface area contributed by atoms with Crippen LogP contribution in [0.1, 0.15) is 57.8 Å². The first-order chi connectivity index (χ1) is 12.5. The highest BCUT2D eigenvalue weighted by molar-refractivity contribution is 5.96. The van der Waals surface area contributed by atoms with Crippen molar-refractivity contribution in [2.45, 2.75) is 58.6 Å². The van der Waals surface area contributed by atoms with Crippen molar-refractivity contribution in [2.24, 2.45) is 5.92 Å². The number of hydrogen-bond donors (Lipinski definition) is 3. The molecule has 1 fully saturated rings. The summed E-state index contributed by atoms with van der Waals surface area (Å²) in [4.78, 5) is 35.9. The van der Waals surface area contributed by atoms with Crippen molar-refractivity contribution in [1.82, 2.24) is 10.6 Å². The minimum absolute atomic E-state index is 0.0663. The van der Waals surface area contributed by atoms with Crippen LogP contribution in [0.4, 0.5) is 15.3 Å². The Hall–Kier alpha value is -2.57. The van der Waals surface area contributed by atoms with Crippen molar-refractivity contribution in [3.05, 3.63) is 29.8 Å². The summed E-state index contributed by atoms with van der Waals surface area (Å²) in [5, 5.41) is 8.47. The summed E-state index contributed by atoms with van der Waals surface area (Å²) in [5.74, 6) is 0.227. The van der Waals surface area contributed by atoms with Crippen LogP contribution in [-0.2, 0) is 4.74 Å². The Morgan fingerprint density at radius 3 is 2.37 bits per heavy atom. The second-order valence-electron chi connectivity index (χ2n) is 8.26. The van der Waals surface area contributed by atoms with E-state index in [1.165, 1.54) is 6.92 Å². The number of carbonyl (C=O) groups is 3. The number of urea groups is 1. The quantitative estimate of drug-likeness (QED) is 0.661. The predicted octanol–water partition coefficient (Wildman–Crippen LogP) is 3.70. The number of ether oxygens (including phenoxy) is 1. The first kappa shape index (κ1) is 20.7. The first-order valence-corrected chi connectivity index (χ1v) is 9.15. The molecule has 1 aromatic carbocycles. The van der Waals surface area contributed by atoms with Crippen molar-refractivity contribution in [3.8, 4) is 0 Å². The maximum Gasteiger partial charge on any atom is 0.407 e. The van der Waals surface area contributed by atoms with E-state index in [9.17, 15) is 14.4 Å². The second kappa shape index (κ2) is 7.98. The van der Waals surface area contributed by atoms with E-state index in [-0.39, 0.29) is 18.4 Å². The largest absolute Gasteiger partial charge is 0.444 e. The predicted molar refractivity (Wildman–Crippen MR) is 104 cm³/mol. The van der Waals surface area contributed by atoms with Gasteiger partial charge in [0.05, 0.1) is 5.54 Å². The summed E-state index contributed by atoms with van der Waals surface area (Å²) in [5.41, 5.74) is -0.0889. The maximum atomic E-state index is 12.5. The van der Waals surface area contributed by atoms with E-state index < -0.39 is 17.2 Å². The van der Waals surface area contributed by atoms with Crippen LogP contribution in [0.5, 0.6) is 0 Å². The summed E-state index contributed by atoms with van der Waals surface area (Å²) in [6.45, 7) is 9.06. The number of nitrogens with one attached hydrogen (secondary N) is 3. The lowest BCUT2D eigenvalue weighted by Gasteiger charge is -2.32. The van der Waals surface area contributed by atoms with E-state index >= 15 is 0 Å². The molecular formula is C20H29N3O4. The van der Waals surface area contributed by atoms with Gasteiger partial charge < -0.3 is 20.7 Å². The van der Waals surface area contributed by atoms with Crippen molar-refractivity contribution in [1.29, 1.82) is 0 Å². The van der Waals surface area contributed by atoms with Gasteiger partial charge in [0.2, 0.25) is 0 Å². The molecule has 1 aliphatic rings. The minimum atomic E-state index is -0.584. The van der Waals surface area contributed by atoms with Crippen LogP contribution in [0.2, 0.25) is 0 Å². The summed E-state index contributed by atoms with van der Waals surface area (Å²) >= 11 is 0. The zero-order chi connectivity index (χ0) is 20.2. The molecule has 2 rings (SSSR count). The van der Waals surface area contributed by atoms with Crippen LogP contribution in [0.3, 0.4) is 0 Å². The molecule has 1 atom stereocenters. The standard InChI is InChI=1S/C20H29N3O4/c1-13(24)14-7-6-8-16(11-14)22-17(25)23-20(5,15-9-10-15)12-21-18(26)27-19(2,3)4/h6-8,11,15H,9-10,12H2,1-5H3,(H,21,26)(H2,22,23,25). The Balaban J connectivity index is 1.96. The molecule has 7 nitrogen and oxygen atoms in total. The van der Waals surface area contributed by atoms with Crippen LogP contribution in [0, 0.1) is 5.92 Å². The fourth-order valence-corrected chi connectivity index (χ4v) is 2.82. The number of alkyl carbamates (subject to hydrolysis) is 1. The smallest absolute Gasteiger partial charge is 0.407 e. The molecule has 3 N–H and O–H groups in total. The van der Waals surface area contributed by atoms with Gasteiger partial charge in [-0.1, -0.05) is 12.1 Å². The normalized spacial score (nSPS) is 16.0. The first-order valence-electron chi connectivity index (χ1n) is 9.15. The second-order valence-corrected chi connectivity index (χ2v) is 8.26. The van der Waals surface area contributed by atoms with Gasteiger partial charge in [0.15, 0.2) is 5.78 Å². The summed E-state index contributed by atoms with van der Waals surface area (Å²) in [6, 6.07) is 6.39. The highest BCUT2D eigenvalue weighted by Gasteiger charge is 2.43. The molecule has 3 amide bonds. The van der Waals surface area contributed by atoms with Crippen molar-refractivity contribution >= 4 is 23.6 Å². The number of hydrogen-bond acceptors (Lipinski definition) is 4. The van der Waals surface area contributed by atoms with Gasteiger partial charge in [-0.2, -0.15) is 0 Å². The molecule has 7 heteroatoms. The Morgan fingerprint density at radius 1 is 1.15 bits per heavy atom. The van der Waals surface area contributed by atoms with Gasteiger partial charge in [0.1, 0.15) is 5.60 Å². The average Bonchev–Trinajstić information content (AvgIpc) is 3.37. The Bertz CT molecular complexity index is 722. The van der Waals surface area contributed by atoms with Crippen molar-refractivity contribution in [3.63, 3.8) is 0 Å². The topological polar surface area (TPSA) is 96.5 Å². The number of Topliss-reactive ketones (excluding diaryl/α,β-unsaturated/α-hetero) is 1. The summed E-state index contributed by atoms with van der Waals surface area (Å²) in [7, 11) is 0. The molecular weight excluding hydrogens is 346 g/mol. The van der Waals surface area contributed by atoms with Gasteiger partial charge in [-0.3, -0.25) is 4.79 Å². The van der Waals surface area contributed by atoms with E-state index in [0.29, 0.717) is 17.2 Å². The van der Waals surface area contributed by atoms with Crippen LogP contribution in [0.15, 0.2) is 24.3 Å². The van der Waals surface area contributed by atoms with Gasteiger partial charge in [0.25, 0.3) is 0 Å². The lowest BCUT2D eigenvalue weighted by Crippen LogP contribution is -2.56. The van der Waals surface area contributed by atoms with Gasteiger partial charge >= 0.3 is 12.1 Å². The van der Waals surface area contributed by atoms with E-state index in [4.69, 9.17) is 4.74 Å². The lowest BCUT2D eigenvalue weighted by atomic mass is 9.96. The molecule has 0 bridgehead atoms. The molecule has 1 unspecified atom stereocenters. The third-order valence-electron chi connectivity index (χ3n) is 4.40. The van der Waals surface area contributed by atoms with E-state index in [0.717, 1.165) is 12.8 Å². The molecule has 1 saturated carbocycles. The van der Waals surface area contributed by atoms with Crippen LogP contribution >= 0.6 is 0 Å². The zero-order valence-electron chi connectivity index (χ0n) is 16.6. The summed E-state index contributed by atoms with van der Waals surface area (Å²) in [6.07, 6.45) is 1.48. The Morgan fingerprint density at radius 2 is 1.81 bits per heavy atom. The number of anilines is 1. The van der Waals surface area contributed by atoms with Crippen LogP contribution in [0.25, 0.3) is 0 Å². The average molecular weight is 375 g/mol. The number of benzene rings is 1. The molecule has 148 valence electrons. The number of ketones is 1. The van der Waals surface area contributed by atoms with Gasteiger partial charge in [0, 0.05) is 17.8 Å². The third kappa shape index (κ3) is 6.58. The monoisotopic (exact) mass is 375 g/mol.